The van der Waals surface area contributed by atoms with Crippen molar-refractivity contribution in [1.82, 2.24) is 28.7 Å². The predicted octanol–water partition coefficient (Wildman–Crippen LogP) is 12.5. The molecule has 0 atom stereocenters. The highest BCUT2D eigenvalue weighted by Gasteiger charge is 2.24. The number of rotatable bonds is 5. The second-order valence-electron chi connectivity index (χ2n) is 13.8. The summed E-state index contributed by atoms with van der Waals surface area (Å²) in [7, 11) is 0. The number of hydrogen-bond acceptors (Lipinski definition) is 3. The predicted molar refractivity (Wildman–Crippen MR) is 234 cm³/mol. The Kier molecular flexibility index (Phi) is 5.32. The van der Waals surface area contributed by atoms with Gasteiger partial charge < -0.3 is 4.57 Å². The van der Waals surface area contributed by atoms with E-state index in [4.69, 9.17) is 23.2 Å². The maximum absolute atomic E-state index is 9.30. The van der Waals surface area contributed by atoms with Gasteiger partial charge in [-0.25, -0.2) is 0 Å². The third-order valence-electron chi connectivity index (χ3n) is 10.8. The molecule has 0 saturated heterocycles. The first-order valence-electron chi connectivity index (χ1n) is 22.6. The first-order chi connectivity index (χ1) is 31.6. The fourth-order valence-corrected chi connectivity index (χ4v) is 8.41. The molecule has 266 valence electrons. The molecule has 6 nitrogen and oxygen atoms in total. The molecule has 6 heteroatoms. The molecular weight excluding hydrogens is 697 g/mol. The molecule has 8 aromatic carbocycles. The molecule has 0 aliphatic carbocycles. The van der Waals surface area contributed by atoms with Gasteiger partial charge >= 0.3 is 0 Å². The quantitative estimate of drug-likeness (QED) is 0.177. The second-order valence-corrected chi connectivity index (χ2v) is 13.8. The maximum Gasteiger partial charge on any atom is 0.240 e. The number of fused-ring (bicyclic) bond motifs is 9. The molecule has 57 heavy (non-hydrogen) atoms. The van der Waals surface area contributed by atoms with Crippen LogP contribution in [0, 0.1) is 0 Å². The van der Waals surface area contributed by atoms with Crippen LogP contribution in [-0.2, 0) is 0 Å². The highest BCUT2D eigenvalue weighted by molar-refractivity contribution is 6.12. The van der Waals surface area contributed by atoms with Gasteiger partial charge in [0.2, 0.25) is 11.9 Å². The molecule has 0 aliphatic heterocycles. The van der Waals surface area contributed by atoms with Gasteiger partial charge in [0.1, 0.15) is 0 Å². The van der Waals surface area contributed by atoms with Crippen molar-refractivity contribution in [2.45, 2.75) is 0 Å². The molecule has 0 aliphatic rings. The van der Waals surface area contributed by atoms with Crippen molar-refractivity contribution < 1.29 is 11.0 Å². The Morgan fingerprint density at radius 3 is 1.28 bits per heavy atom. The SMILES string of the molecule is [2H]c1c([2H])c([2H])c2c(c1[2H])c1ccccc1n2-c1nc(-c2cccc(-c3ccccc3)c2-n2c3ccccc3c3ccccc32)nc(-n2c3ccccc3c3c([2H])c([2H])c([2H])c([2H])c32)n1. The summed E-state index contributed by atoms with van der Waals surface area (Å²) < 4.78 is 77.2. The first-order valence-corrected chi connectivity index (χ1v) is 18.6. The van der Waals surface area contributed by atoms with Crippen LogP contribution in [0.1, 0.15) is 11.0 Å². The van der Waals surface area contributed by atoms with Gasteiger partial charge in [0.05, 0.1) is 49.8 Å². The molecule has 4 aromatic heterocycles. The molecule has 0 fully saturated rings. The summed E-state index contributed by atoms with van der Waals surface area (Å²) in [6.07, 6.45) is 0. The zero-order chi connectivity index (χ0) is 44.4. The molecule has 0 unspecified atom stereocenters. The van der Waals surface area contributed by atoms with Crippen molar-refractivity contribution in [2.75, 3.05) is 0 Å². The van der Waals surface area contributed by atoms with Gasteiger partial charge in [-0.1, -0.05) is 152 Å². The summed E-state index contributed by atoms with van der Waals surface area (Å²) in [5, 5.41) is 3.85. The standard InChI is InChI=1S/C51H32N6/c1-2-17-33(18-3-1)34-25-16-26-41(48(34)55-42-27-10-4-19-35(42)36-20-5-11-28-43(36)55)49-52-50(56-44-29-12-6-21-37(44)38-22-7-13-30-45(38)56)54-51(53-49)57-46-31-14-8-23-39(46)40-24-9-15-32-47(40)57/h1-32H/i6D,8D,12D,14D,21D,23D,29D,31D. The molecule has 0 radical (unpaired) electrons. The fraction of sp³-hybridized carbons (Fsp3) is 0. The van der Waals surface area contributed by atoms with Gasteiger partial charge in [0, 0.05) is 43.4 Å². The van der Waals surface area contributed by atoms with Crippen molar-refractivity contribution >= 4 is 65.4 Å². The summed E-state index contributed by atoms with van der Waals surface area (Å²) in [5.41, 5.74) is 6.50. The lowest BCUT2D eigenvalue weighted by atomic mass is 9.99. The van der Waals surface area contributed by atoms with E-state index in [0.717, 1.165) is 38.6 Å². The largest absolute Gasteiger partial charge is 0.308 e. The van der Waals surface area contributed by atoms with Crippen molar-refractivity contribution in [3.05, 3.63) is 194 Å². The highest BCUT2D eigenvalue weighted by atomic mass is 15.3. The molecule has 0 saturated carbocycles. The molecule has 0 spiro atoms. The Balaban J connectivity index is 1.29. The molecule has 0 amide bonds. The van der Waals surface area contributed by atoms with E-state index in [1.54, 1.807) is 9.13 Å². The van der Waals surface area contributed by atoms with Crippen molar-refractivity contribution in [2.24, 2.45) is 0 Å². The normalized spacial score (nSPS) is 13.8. The van der Waals surface area contributed by atoms with Crippen LogP contribution in [0.2, 0.25) is 0 Å². The summed E-state index contributed by atoms with van der Waals surface area (Å²) in [6.45, 7) is 0. The van der Waals surface area contributed by atoms with Crippen molar-refractivity contribution in [1.29, 1.82) is 0 Å². The van der Waals surface area contributed by atoms with E-state index in [-0.39, 0.29) is 65.0 Å². The number of nitrogens with zero attached hydrogens (tertiary/aromatic N) is 6. The van der Waals surface area contributed by atoms with Gasteiger partial charge in [-0.05, 0) is 48.0 Å². The zero-order valence-corrected chi connectivity index (χ0v) is 30.0. The highest BCUT2D eigenvalue weighted by Crippen LogP contribution is 2.41. The van der Waals surface area contributed by atoms with E-state index in [1.165, 1.54) is 0 Å². The minimum atomic E-state index is -0.413. The van der Waals surface area contributed by atoms with Crippen LogP contribution < -0.4 is 0 Å². The molecule has 0 N–H and O–H groups in total. The van der Waals surface area contributed by atoms with Crippen molar-refractivity contribution in [3.63, 3.8) is 0 Å². The summed E-state index contributed by atoms with van der Waals surface area (Å²) in [6, 6.07) is 44.5. The van der Waals surface area contributed by atoms with Gasteiger partial charge in [0.15, 0.2) is 5.82 Å². The molecule has 12 aromatic rings. The van der Waals surface area contributed by atoms with Crippen LogP contribution in [0.25, 0.3) is 106 Å². The van der Waals surface area contributed by atoms with E-state index < -0.39 is 12.1 Å². The van der Waals surface area contributed by atoms with Gasteiger partial charge in [-0.15, -0.1) is 0 Å². The minimum Gasteiger partial charge on any atom is -0.308 e. The molecular formula is C51H32N6. The molecule has 0 bridgehead atoms. The lowest BCUT2D eigenvalue weighted by Gasteiger charge is -2.19. The topological polar surface area (TPSA) is 53.5 Å². The third kappa shape index (κ3) is 4.68. The van der Waals surface area contributed by atoms with E-state index >= 15 is 0 Å². The maximum atomic E-state index is 9.30. The third-order valence-corrected chi connectivity index (χ3v) is 10.8. The Morgan fingerprint density at radius 2 is 0.754 bits per heavy atom. The zero-order valence-electron chi connectivity index (χ0n) is 38.0. The van der Waals surface area contributed by atoms with Crippen LogP contribution in [0.4, 0.5) is 0 Å². The Bertz CT molecular complexity index is 3800. The van der Waals surface area contributed by atoms with Crippen LogP contribution in [-0.4, -0.2) is 28.7 Å². The van der Waals surface area contributed by atoms with Gasteiger partial charge in [-0.3, -0.25) is 9.13 Å². The fourth-order valence-electron chi connectivity index (χ4n) is 8.41. The van der Waals surface area contributed by atoms with Crippen LogP contribution in [0.15, 0.2) is 194 Å². The van der Waals surface area contributed by atoms with Crippen LogP contribution >= 0.6 is 0 Å². The van der Waals surface area contributed by atoms with E-state index in [2.05, 4.69) is 47.0 Å². The Hall–Kier alpha value is -7.83. The number of para-hydroxylation sites is 7. The van der Waals surface area contributed by atoms with Crippen LogP contribution in [0.3, 0.4) is 0 Å². The number of hydrogen-bond donors (Lipinski definition) is 0. The Labute approximate surface area is 338 Å². The van der Waals surface area contributed by atoms with E-state index in [1.807, 2.05) is 103 Å². The first kappa shape index (κ1) is 24.6. The average molecular weight is 737 g/mol. The Morgan fingerprint density at radius 1 is 0.333 bits per heavy atom. The number of aromatic nitrogens is 6. The van der Waals surface area contributed by atoms with Gasteiger partial charge in [0.25, 0.3) is 0 Å². The van der Waals surface area contributed by atoms with E-state index in [0.29, 0.717) is 38.1 Å². The summed E-state index contributed by atoms with van der Waals surface area (Å²) in [4.78, 5) is 15.7. The average Bonchev–Trinajstić information content (AvgIpc) is 4.00. The second kappa shape index (κ2) is 12.3. The molecule has 4 heterocycles. The minimum absolute atomic E-state index is 0.0336. The molecule has 12 rings (SSSR count). The van der Waals surface area contributed by atoms with Gasteiger partial charge in [-0.2, -0.15) is 15.0 Å². The summed E-state index contributed by atoms with van der Waals surface area (Å²) >= 11 is 0. The monoisotopic (exact) mass is 736 g/mol. The lowest BCUT2D eigenvalue weighted by Crippen LogP contribution is -2.11. The summed E-state index contributed by atoms with van der Waals surface area (Å²) in [5.74, 6) is 0.274. The van der Waals surface area contributed by atoms with Crippen LogP contribution in [0.5, 0.6) is 0 Å². The number of benzene rings is 8. The van der Waals surface area contributed by atoms with Crippen molar-refractivity contribution in [3.8, 4) is 40.1 Å². The van der Waals surface area contributed by atoms with E-state index in [9.17, 15) is 2.74 Å². The smallest absolute Gasteiger partial charge is 0.240 e. The lowest BCUT2D eigenvalue weighted by molar-refractivity contribution is 0.892.